The number of benzene rings is 1. The SMILES string of the molecule is Cn1ccnc1CSc1nnc(NCc2ccc(F)cc2)s1. The normalized spacial score (nSPS) is 10.8. The number of hydrogen-bond donors (Lipinski definition) is 1. The molecule has 0 fully saturated rings. The molecule has 0 aliphatic carbocycles. The predicted octanol–water partition coefficient (Wildman–Crippen LogP) is 3.32. The Hall–Kier alpha value is -1.93. The molecule has 0 aliphatic heterocycles. The van der Waals surface area contributed by atoms with Gasteiger partial charge < -0.3 is 9.88 Å². The first-order valence-electron chi connectivity index (χ1n) is 6.61. The Morgan fingerprint density at radius 2 is 2.09 bits per heavy atom. The third kappa shape index (κ3) is 3.83. The maximum absolute atomic E-state index is 12.8. The van der Waals surface area contributed by atoms with Gasteiger partial charge in [0.05, 0.1) is 5.75 Å². The quantitative estimate of drug-likeness (QED) is 0.700. The Kier molecular flexibility index (Phi) is 4.69. The lowest BCUT2D eigenvalue weighted by Gasteiger charge is -2.01. The number of aromatic nitrogens is 4. The van der Waals surface area contributed by atoms with Crippen LogP contribution in [0.5, 0.6) is 0 Å². The standard InChI is InChI=1S/C14H14FN5S2/c1-20-7-6-16-12(20)9-21-14-19-18-13(22-14)17-8-10-2-4-11(15)5-3-10/h2-7H,8-9H2,1H3,(H,17,18). The van der Waals surface area contributed by atoms with Gasteiger partial charge in [0.1, 0.15) is 11.6 Å². The van der Waals surface area contributed by atoms with Crippen LogP contribution in [0, 0.1) is 5.82 Å². The average molecular weight is 335 g/mol. The van der Waals surface area contributed by atoms with Gasteiger partial charge in [0.2, 0.25) is 5.13 Å². The number of nitrogens with zero attached hydrogens (tertiary/aromatic N) is 4. The molecule has 3 aromatic rings. The Balaban J connectivity index is 1.52. The van der Waals surface area contributed by atoms with E-state index in [0.717, 1.165) is 26.6 Å². The lowest BCUT2D eigenvalue weighted by Crippen LogP contribution is -1.98. The zero-order valence-electron chi connectivity index (χ0n) is 11.9. The third-order valence-electron chi connectivity index (χ3n) is 3.01. The van der Waals surface area contributed by atoms with Crippen molar-refractivity contribution in [1.29, 1.82) is 0 Å². The number of halogens is 1. The molecule has 1 aromatic carbocycles. The smallest absolute Gasteiger partial charge is 0.206 e. The van der Waals surface area contributed by atoms with E-state index in [9.17, 15) is 4.39 Å². The summed E-state index contributed by atoms with van der Waals surface area (Å²) in [5.41, 5.74) is 0.999. The summed E-state index contributed by atoms with van der Waals surface area (Å²) in [6.45, 7) is 0.596. The summed E-state index contributed by atoms with van der Waals surface area (Å²) < 4.78 is 15.7. The van der Waals surface area contributed by atoms with Crippen molar-refractivity contribution in [2.45, 2.75) is 16.6 Å². The summed E-state index contributed by atoms with van der Waals surface area (Å²) in [6, 6.07) is 6.40. The molecule has 0 saturated carbocycles. The van der Waals surface area contributed by atoms with Crippen molar-refractivity contribution in [1.82, 2.24) is 19.7 Å². The van der Waals surface area contributed by atoms with Crippen molar-refractivity contribution >= 4 is 28.2 Å². The molecule has 0 spiro atoms. The van der Waals surface area contributed by atoms with Crippen LogP contribution in [0.3, 0.4) is 0 Å². The molecule has 5 nitrogen and oxygen atoms in total. The number of anilines is 1. The second-order valence-electron chi connectivity index (χ2n) is 4.60. The number of aryl methyl sites for hydroxylation is 1. The van der Waals surface area contributed by atoms with Crippen LogP contribution in [0.15, 0.2) is 41.0 Å². The van der Waals surface area contributed by atoms with Crippen molar-refractivity contribution in [3.8, 4) is 0 Å². The molecule has 2 heterocycles. The number of hydrogen-bond acceptors (Lipinski definition) is 6. The van der Waals surface area contributed by atoms with Gasteiger partial charge in [0.25, 0.3) is 0 Å². The molecule has 8 heteroatoms. The molecule has 3 rings (SSSR count). The van der Waals surface area contributed by atoms with Crippen LogP contribution in [0.2, 0.25) is 0 Å². The summed E-state index contributed by atoms with van der Waals surface area (Å²) in [4.78, 5) is 4.27. The number of rotatable bonds is 6. The zero-order valence-corrected chi connectivity index (χ0v) is 13.5. The summed E-state index contributed by atoms with van der Waals surface area (Å²) >= 11 is 3.11. The Morgan fingerprint density at radius 1 is 1.27 bits per heavy atom. The van der Waals surface area contributed by atoms with Gasteiger partial charge in [-0.25, -0.2) is 9.37 Å². The molecule has 0 aliphatic rings. The number of thioether (sulfide) groups is 1. The fourth-order valence-electron chi connectivity index (χ4n) is 1.78. The van der Waals surface area contributed by atoms with Gasteiger partial charge in [0, 0.05) is 26.0 Å². The van der Waals surface area contributed by atoms with Gasteiger partial charge in [-0.05, 0) is 17.7 Å². The highest BCUT2D eigenvalue weighted by Gasteiger charge is 2.07. The molecular weight excluding hydrogens is 321 g/mol. The second-order valence-corrected chi connectivity index (χ2v) is 6.80. The van der Waals surface area contributed by atoms with Crippen LogP contribution in [0.1, 0.15) is 11.4 Å². The maximum Gasteiger partial charge on any atom is 0.206 e. The van der Waals surface area contributed by atoms with Crippen molar-refractivity contribution in [3.63, 3.8) is 0 Å². The summed E-state index contributed by atoms with van der Waals surface area (Å²) in [6.07, 6.45) is 3.71. The van der Waals surface area contributed by atoms with E-state index in [1.54, 1.807) is 30.1 Å². The Morgan fingerprint density at radius 3 is 2.82 bits per heavy atom. The molecule has 0 radical (unpaired) electrons. The van der Waals surface area contributed by atoms with E-state index >= 15 is 0 Å². The molecule has 22 heavy (non-hydrogen) atoms. The first kappa shape index (κ1) is 15.0. The van der Waals surface area contributed by atoms with E-state index in [1.807, 2.05) is 17.8 Å². The molecule has 114 valence electrons. The van der Waals surface area contributed by atoms with Crippen molar-refractivity contribution in [3.05, 3.63) is 53.9 Å². The van der Waals surface area contributed by atoms with Crippen LogP contribution < -0.4 is 5.32 Å². The highest BCUT2D eigenvalue weighted by molar-refractivity contribution is 8.00. The molecule has 0 amide bonds. The van der Waals surface area contributed by atoms with E-state index < -0.39 is 0 Å². The Bertz CT molecular complexity index is 738. The van der Waals surface area contributed by atoms with Crippen molar-refractivity contribution in [2.75, 3.05) is 5.32 Å². The molecule has 0 saturated heterocycles. The van der Waals surface area contributed by atoms with Gasteiger partial charge >= 0.3 is 0 Å². The van der Waals surface area contributed by atoms with Crippen molar-refractivity contribution < 1.29 is 4.39 Å². The van der Waals surface area contributed by atoms with Crippen molar-refractivity contribution in [2.24, 2.45) is 7.05 Å². The number of imidazole rings is 1. The summed E-state index contributed by atoms with van der Waals surface area (Å²) in [7, 11) is 1.97. The van der Waals surface area contributed by atoms with Gasteiger partial charge in [-0.2, -0.15) is 0 Å². The number of nitrogens with one attached hydrogen (secondary N) is 1. The van der Waals surface area contributed by atoms with E-state index in [4.69, 9.17) is 0 Å². The highest BCUT2D eigenvalue weighted by atomic mass is 32.2. The van der Waals surface area contributed by atoms with Crippen LogP contribution in [0.4, 0.5) is 9.52 Å². The van der Waals surface area contributed by atoms with Gasteiger partial charge in [0.15, 0.2) is 4.34 Å². The minimum Gasteiger partial charge on any atom is -0.356 e. The molecular formula is C14H14FN5S2. The van der Waals surface area contributed by atoms with Gasteiger partial charge in [-0.3, -0.25) is 0 Å². The second kappa shape index (κ2) is 6.89. The summed E-state index contributed by atoms with van der Waals surface area (Å²) in [5.74, 6) is 1.53. The monoisotopic (exact) mass is 335 g/mol. The van der Waals surface area contributed by atoms with Gasteiger partial charge in [-0.15, -0.1) is 10.2 Å². The predicted molar refractivity (Wildman–Crippen MR) is 86.4 cm³/mol. The van der Waals surface area contributed by atoms with E-state index in [0.29, 0.717) is 6.54 Å². The largest absolute Gasteiger partial charge is 0.356 e. The maximum atomic E-state index is 12.8. The average Bonchev–Trinajstić information content (AvgIpc) is 3.13. The fraction of sp³-hybridized carbons (Fsp3) is 0.214. The third-order valence-corrected chi connectivity index (χ3v) is 5.02. The Labute approximate surface area is 135 Å². The fourth-order valence-corrected chi connectivity index (χ4v) is 3.53. The lowest BCUT2D eigenvalue weighted by atomic mass is 10.2. The van der Waals surface area contributed by atoms with Crippen LogP contribution in [-0.4, -0.2) is 19.7 Å². The first-order chi connectivity index (χ1) is 10.7. The minimum absolute atomic E-state index is 0.229. The van der Waals surface area contributed by atoms with Crippen LogP contribution in [0.25, 0.3) is 0 Å². The topological polar surface area (TPSA) is 55.6 Å². The zero-order chi connectivity index (χ0) is 15.4. The van der Waals surface area contributed by atoms with Crippen LogP contribution in [-0.2, 0) is 19.3 Å². The van der Waals surface area contributed by atoms with Gasteiger partial charge in [-0.1, -0.05) is 35.2 Å². The molecule has 0 bridgehead atoms. The van der Waals surface area contributed by atoms with E-state index in [-0.39, 0.29) is 5.82 Å². The minimum atomic E-state index is -0.229. The molecule has 0 atom stereocenters. The van der Waals surface area contributed by atoms with E-state index in [1.165, 1.54) is 23.5 Å². The molecule has 2 aromatic heterocycles. The lowest BCUT2D eigenvalue weighted by molar-refractivity contribution is 0.627. The first-order valence-corrected chi connectivity index (χ1v) is 8.42. The summed E-state index contributed by atoms with van der Waals surface area (Å²) in [5, 5.41) is 12.2. The molecule has 0 unspecified atom stereocenters. The highest BCUT2D eigenvalue weighted by Crippen LogP contribution is 2.28. The molecule has 1 N–H and O–H groups in total. The van der Waals surface area contributed by atoms with E-state index in [2.05, 4.69) is 20.5 Å². The van der Waals surface area contributed by atoms with Crippen LogP contribution >= 0.6 is 23.1 Å².